The Balaban J connectivity index is 1.94. The Morgan fingerprint density at radius 3 is 2.23 bits per heavy atom. The van der Waals surface area contributed by atoms with Crippen molar-refractivity contribution in [3.63, 3.8) is 0 Å². The summed E-state index contributed by atoms with van der Waals surface area (Å²) in [5.41, 5.74) is -2.19. The SMILES string of the molecule is COc1cc(O)c2c(c1)[C@@](O)([C@H]1OC[C@H](OC(C)=O)[C@H](OC(=O)C=C(C)C)[C@H]1O)c1cc(C)cc(O)c1C2=O. The highest BCUT2D eigenvalue weighted by Crippen LogP contribution is 2.51. The Kier molecular flexibility index (Phi) is 7.44. The number of ether oxygens (including phenoxy) is 4. The molecule has 208 valence electrons. The number of hydrogen-bond acceptors (Lipinski definition) is 11. The number of aliphatic hydroxyl groups is 2. The molecule has 4 rings (SSSR count). The molecule has 1 saturated heterocycles. The molecule has 39 heavy (non-hydrogen) atoms. The summed E-state index contributed by atoms with van der Waals surface area (Å²) in [4.78, 5) is 37.8. The Morgan fingerprint density at radius 2 is 1.64 bits per heavy atom. The fourth-order valence-corrected chi connectivity index (χ4v) is 5.16. The van der Waals surface area contributed by atoms with Gasteiger partial charge in [0.05, 0.1) is 24.8 Å². The summed E-state index contributed by atoms with van der Waals surface area (Å²) in [5.74, 6) is -3.21. The van der Waals surface area contributed by atoms with E-state index in [9.17, 15) is 34.8 Å². The molecular formula is C28H30O11. The lowest BCUT2D eigenvalue weighted by Gasteiger charge is -2.48. The van der Waals surface area contributed by atoms with Crippen molar-refractivity contribution >= 4 is 17.7 Å². The van der Waals surface area contributed by atoms with Crippen LogP contribution in [-0.4, -0.2) is 76.3 Å². The van der Waals surface area contributed by atoms with Gasteiger partial charge in [0.25, 0.3) is 0 Å². The molecule has 2 aliphatic rings. The van der Waals surface area contributed by atoms with Crippen molar-refractivity contribution in [1.29, 1.82) is 0 Å². The van der Waals surface area contributed by atoms with Crippen LogP contribution in [0, 0.1) is 6.92 Å². The average Bonchev–Trinajstić information content (AvgIpc) is 2.83. The molecular weight excluding hydrogens is 512 g/mol. The lowest BCUT2D eigenvalue weighted by atomic mass is 9.68. The summed E-state index contributed by atoms with van der Waals surface area (Å²) in [5, 5.41) is 45.5. The summed E-state index contributed by atoms with van der Waals surface area (Å²) in [6.07, 6.45) is -4.97. The smallest absolute Gasteiger partial charge is 0.331 e. The average molecular weight is 543 g/mol. The fourth-order valence-electron chi connectivity index (χ4n) is 5.16. The maximum atomic E-state index is 13.5. The second-order valence-corrected chi connectivity index (χ2v) is 9.89. The molecule has 0 unspecified atom stereocenters. The predicted molar refractivity (Wildman–Crippen MR) is 135 cm³/mol. The third-order valence-electron chi connectivity index (χ3n) is 6.71. The van der Waals surface area contributed by atoms with Gasteiger partial charge in [0.15, 0.2) is 12.2 Å². The highest BCUT2D eigenvalue weighted by molar-refractivity contribution is 6.16. The molecule has 2 aromatic carbocycles. The number of rotatable bonds is 5. The normalized spacial score (nSPS) is 25.7. The van der Waals surface area contributed by atoms with Crippen molar-refractivity contribution in [2.75, 3.05) is 13.7 Å². The Bertz CT molecular complexity index is 1370. The standard InChI is InChI=1S/C28H30O11/c1-12(2)6-21(32)39-26-20(38-14(4)29)11-37-27(25(26)34)28(35)16-7-13(3)8-18(30)22(16)24(33)23-17(28)9-15(36-5)10-19(23)31/h6-10,20,25-27,30-31,34-35H,11H2,1-5H3/t20-,25+,26-,27-,28+/m0/s1. The van der Waals surface area contributed by atoms with Crippen LogP contribution in [0.4, 0.5) is 0 Å². The first kappa shape index (κ1) is 28.1. The maximum Gasteiger partial charge on any atom is 0.331 e. The lowest BCUT2D eigenvalue weighted by molar-refractivity contribution is -0.243. The second-order valence-electron chi connectivity index (χ2n) is 9.89. The number of phenols is 2. The fraction of sp³-hybridized carbons (Fsp3) is 0.393. The van der Waals surface area contributed by atoms with Gasteiger partial charge >= 0.3 is 11.9 Å². The number of allylic oxidation sites excluding steroid dienone is 1. The van der Waals surface area contributed by atoms with Gasteiger partial charge in [-0.3, -0.25) is 9.59 Å². The van der Waals surface area contributed by atoms with Gasteiger partial charge in [-0.2, -0.15) is 0 Å². The zero-order valence-electron chi connectivity index (χ0n) is 22.0. The number of aromatic hydroxyl groups is 2. The van der Waals surface area contributed by atoms with Crippen LogP contribution in [0.2, 0.25) is 0 Å². The molecule has 1 aliphatic carbocycles. The van der Waals surface area contributed by atoms with Crippen molar-refractivity contribution in [3.05, 3.63) is 63.7 Å². The molecule has 0 amide bonds. The first-order valence-corrected chi connectivity index (χ1v) is 12.1. The Hall–Kier alpha value is -3.93. The van der Waals surface area contributed by atoms with Gasteiger partial charge in [0.1, 0.15) is 35.1 Å². The van der Waals surface area contributed by atoms with Crippen LogP contribution >= 0.6 is 0 Å². The minimum atomic E-state index is -2.38. The number of carbonyl (C=O) groups is 3. The number of fused-ring (bicyclic) bond motifs is 2. The molecule has 2 aromatic rings. The number of aryl methyl sites for hydroxylation is 1. The third kappa shape index (κ3) is 4.84. The van der Waals surface area contributed by atoms with E-state index in [1.165, 1.54) is 37.5 Å². The number of methoxy groups -OCH3 is 1. The summed E-state index contributed by atoms with van der Waals surface area (Å²) in [6, 6.07) is 5.26. The highest BCUT2D eigenvalue weighted by Gasteiger charge is 2.58. The number of phenolic OH excluding ortho intramolecular Hbond substituents is 2. The van der Waals surface area contributed by atoms with Gasteiger partial charge in [0.2, 0.25) is 5.78 Å². The molecule has 1 aliphatic heterocycles. The van der Waals surface area contributed by atoms with Gasteiger partial charge in [0, 0.05) is 30.2 Å². The molecule has 1 heterocycles. The number of ketones is 1. The van der Waals surface area contributed by atoms with Crippen LogP contribution < -0.4 is 4.74 Å². The highest BCUT2D eigenvalue weighted by atomic mass is 16.6. The molecule has 0 aromatic heterocycles. The van der Waals surface area contributed by atoms with E-state index >= 15 is 0 Å². The lowest BCUT2D eigenvalue weighted by Crippen LogP contribution is -2.63. The molecule has 0 radical (unpaired) electrons. The molecule has 4 N–H and O–H groups in total. The minimum absolute atomic E-state index is 0.0902. The molecule has 11 nitrogen and oxygen atoms in total. The number of esters is 2. The topological polar surface area (TPSA) is 169 Å². The quantitative estimate of drug-likeness (QED) is 0.321. The van der Waals surface area contributed by atoms with Crippen LogP contribution in [0.3, 0.4) is 0 Å². The summed E-state index contributed by atoms with van der Waals surface area (Å²) in [6.45, 7) is 5.70. The van der Waals surface area contributed by atoms with E-state index in [4.69, 9.17) is 18.9 Å². The van der Waals surface area contributed by atoms with Crippen molar-refractivity contribution in [3.8, 4) is 17.2 Å². The van der Waals surface area contributed by atoms with Gasteiger partial charge in [-0.05, 0) is 38.5 Å². The zero-order valence-corrected chi connectivity index (χ0v) is 22.0. The molecule has 11 heteroatoms. The van der Waals surface area contributed by atoms with E-state index < -0.39 is 65.8 Å². The van der Waals surface area contributed by atoms with E-state index in [0.717, 1.165) is 6.92 Å². The van der Waals surface area contributed by atoms with Gasteiger partial charge in [-0.15, -0.1) is 0 Å². The van der Waals surface area contributed by atoms with Crippen LogP contribution in [-0.2, 0) is 29.4 Å². The largest absolute Gasteiger partial charge is 0.507 e. The van der Waals surface area contributed by atoms with Crippen molar-refractivity contribution in [2.24, 2.45) is 0 Å². The van der Waals surface area contributed by atoms with E-state index in [1.807, 2.05) is 0 Å². The Labute approximate surface area is 224 Å². The summed E-state index contributed by atoms with van der Waals surface area (Å²) >= 11 is 0. The monoisotopic (exact) mass is 542 g/mol. The van der Waals surface area contributed by atoms with E-state index in [-0.39, 0.29) is 28.0 Å². The number of benzene rings is 2. The number of carbonyl (C=O) groups excluding carboxylic acids is 3. The van der Waals surface area contributed by atoms with Crippen LogP contribution in [0.25, 0.3) is 0 Å². The Morgan fingerprint density at radius 1 is 1.03 bits per heavy atom. The zero-order chi connectivity index (χ0) is 28.8. The van der Waals surface area contributed by atoms with Crippen LogP contribution in [0.1, 0.15) is 53.4 Å². The third-order valence-corrected chi connectivity index (χ3v) is 6.71. The van der Waals surface area contributed by atoms with Gasteiger partial charge < -0.3 is 39.4 Å². The second kappa shape index (κ2) is 10.3. The minimum Gasteiger partial charge on any atom is -0.507 e. The van der Waals surface area contributed by atoms with Gasteiger partial charge in [-0.1, -0.05) is 11.6 Å². The van der Waals surface area contributed by atoms with E-state index in [1.54, 1.807) is 20.8 Å². The van der Waals surface area contributed by atoms with Gasteiger partial charge in [-0.25, -0.2) is 4.79 Å². The molecule has 0 saturated carbocycles. The van der Waals surface area contributed by atoms with Crippen molar-refractivity contribution in [1.82, 2.24) is 0 Å². The number of aliphatic hydroxyl groups excluding tert-OH is 1. The molecule has 0 spiro atoms. The summed E-state index contributed by atoms with van der Waals surface area (Å²) in [7, 11) is 1.32. The maximum absolute atomic E-state index is 13.5. The first-order chi connectivity index (χ1) is 18.3. The molecule has 1 fully saturated rings. The van der Waals surface area contributed by atoms with Crippen LogP contribution in [0.5, 0.6) is 17.2 Å². The predicted octanol–water partition coefficient (Wildman–Crippen LogP) is 1.76. The molecule has 5 atom stereocenters. The first-order valence-electron chi connectivity index (χ1n) is 12.1. The van der Waals surface area contributed by atoms with E-state index in [2.05, 4.69) is 0 Å². The molecule has 0 bridgehead atoms. The van der Waals surface area contributed by atoms with E-state index in [0.29, 0.717) is 11.1 Å². The number of hydrogen-bond donors (Lipinski definition) is 4. The van der Waals surface area contributed by atoms with Crippen molar-refractivity contribution in [2.45, 2.75) is 57.7 Å². The van der Waals surface area contributed by atoms with Crippen LogP contribution in [0.15, 0.2) is 35.9 Å². The summed E-state index contributed by atoms with van der Waals surface area (Å²) < 4.78 is 21.8. The van der Waals surface area contributed by atoms with Crippen molar-refractivity contribution < 1.29 is 53.8 Å².